The zero-order valence-electron chi connectivity index (χ0n) is 8.33. The van der Waals surface area contributed by atoms with Crippen molar-refractivity contribution in [2.75, 3.05) is 13.1 Å². The number of nitrogens with one attached hydrogen (secondary N) is 2. The summed E-state index contributed by atoms with van der Waals surface area (Å²) >= 11 is 5.89. The van der Waals surface area contributed by atoms with Crippen LogP contribution in [0.4, 0.5) is 0 Å². The third-order valence-corrected chi connectivity index (χ3v) is 4.18. The fraction of sp³-hybridized carbons (Fsp3) is 0.417. The highest BCUT2D eigenvalue weighted by atomic mass is 35.5. The number of fused-ring (bicyclic) bond motifs is 1. The lowest BCUT2D eigenvalue weighted by atomic mass is 9.93. The molecule has 1 aliphatic carbocycles. The standard InChI is InChI=1S/C12H13ClN2/c13-9-3-1-8(2-4-9)12-7-15-6-11(12)10(12)5-14/h1-5,10-11,14-15H,6-7H2. The molecule has 3 unspecified atom stereocenters. The molecule has 3 rings (SSSR count). The summed E-state index contributed by atoms with van der Waals surface area (Å²) in [5.74, 6) is 1.05. The second-order valence-corrected chi connectivity index (χ2v) is 4.91. The van der Waals surface area contributed by atoms with Crippen molar-refractivity contribution >= 4 is 17.8 Å². The summed E-state index contributed by atoms with van der Waals surface area (Å²) in [5, 5.41) is 11.6. The van der Waals surface area contributed by atoms with Gasteiger partial charge < -0.3 is 10.7 Å². The Balaban J connectivity index is 2.00. The van der Waals surface area contributed by atoms with E-state index in [2.05, 4.69) is 17.4 Å². The van der Waals surface area contributed by atoms with Crippen LogP contribution < -0.4 is 5.32 Å². The molecule has 0 bridgehead atoms. The molecule has 0 aromatic heterocycles. The van der Waals surface area contributed by atoms with Crippen molar-refractivity contribution in [3.05, 3.63) is 34.9 Å². The lowest BCUT2D eigenvalue weighted by Crippen LogP contribution is -2.23. The van der Waals surface area contributed by atoms with Crippen LogP contribution in [-0.4, -0.2) is 19.3 Å². The number of halogens is 1. The molecule has 1 saturated heterocycles. The largest absolute Gasteiger partial charge is 0.315 e. The molecule has 1 saturated carbocycles. The van der Waals surface area contributed by atoms with E-state index in [4.69, 9.17) is 17.0 Å². The molecule has 3 heteroatoms. The van der Waals surface area contributed by atoms with Crippen LogP contribution in [0.2, 0.25) is 5.02 Å². The molecule has 15 heavy (non-hydrogen) atoms. The number of rotatable bonds is 2. The molecule has 1 aliphatic heterocycles. The maximum atomic E-state index is 7.46. The van der Waals surface area contributed by atoms with Gasteiger partial charge in [-0.3, -0.25) is 0 Å². The van der Waals surface area contributed by atoms with E-state index in [0.29, 0.717) is 11.8 Å². The van der Waals surface area contributed by atoms with Crippen molar-refractivity contribution in [3.63, 3.8) is 0 Å². The zero-order valence-corrected chi connectivity index (χ0v) is 9.09. The summed E-state index contributed by atoms with van der Waals surface area (Å²) in [5.41, 5.74) is 1.53. The molecular weight excluding hydrogens is 208 g/mol. The topological polar surface area (TPSA) is 35.9 Å². The molecule has 2 N–H and O–H groups in total. The van der Waals surface area contributed by atoms with Gasteiger partial charge in [-0.2, -0.15) is 0 Å². The van der Waals surface area contributed by atoms with Gasteiger partial charge in [0.05, 0.1) is 0 Å². The first-order valence-electron chi connectivity index (χ1n) is 5.26. The minimum Gasteiger partial charge on any atom is -0.315 e. The predicted octanol–water partition coefficient (Wildman–Crippen LogP) is 2.08. The van der Waals surface area contributed by atoms with Gasteiger partial charge in [0, 0.05) is 22.9 Å². The first-order chi connectivity index (χ1) is 7.29. The highest BCUT2D eigenvalue weighted by Crippen LogP contribution is 2.60. The number of piperidine rings is 1. The Morgan fingerprint density at radius 3 is 2.73 bits per heavy atom. The predicted molar refractivity (Wildman–Crippen MR) is 61.8 cm³/mol. The van der Waals surface area contributed by atoms with Crippen molar-refractivity contribution in [2.24, 2.45) is 11.8 Å². The normalized spacial score (nSPS) is 37.4. The van der Waals surface area contributed by atoms with Crippen molar-refractivity contribution in [2.45, 2.75) is 5.41 Å². The van der Waals surface area contributed by atoms with Crippen LogP contribution in [0.15, 0.2) is 24.3 Å². The minimum atomic E-state index is 0.201. The molecule has 0 amide bonds. The quantitative estimate of drug-likeness (QED) is 0.736. The van der Waals surface area contributed by atoms with Gasteiger partial charge in [0.25, 0.3) is 0 Å². The second kappa shape index (κ2) is 3.06. The van der Waals surface area contributed by atoms with E-state index in [1.807, 2.05) is 12.1 Å². The van der Waals surface area contributed by atoms with Gasteiger partial charge in [-0.15, -0.1) is 0 Å². The van der Waals surface area contributed by atoms with E-state index in [0.717, 1.165) is 18.1 Å². The minimum absolute atomic E-state index is 0.201. The smallest absolute Gasteiger partial charge is 0.0406 e. The Kier molecular flexibility index (Phi) is 1.91. The molecule has 2 fully saturated rings. The van der Waals surface area contributed by atoms with E-state index >= 15 is 0 Å². The highest BCUT2D eigenvalue weighted by Gasteiger charge is 2.66. The van der Waals surface area contributed by atoms with Gasteiger partial charge >= 0.3 is 0 Å². The van der Waals surface area contributed by atoms with Crippen molar-refractivity contribution in [1.82, 2.24) is 5.32 Å². The fourth-order valence-corrected chi connectivity index (χ4v) is 3.20. The Labute approximate surface area is 94.1 Å². The van der Waals surface area contributed by atoms with Gasteiger partial charge in [0.2, 0.25) is 0 Å². The van der Waals surface area contributed by atoms with Crippen LogP contribution in [0.25, 0.3) is 0 Å². The number of benzene rings is 1. The van der Waals surface area contributed by atoms with Gasteiger partial charge in [-0.25, -0.2) is 0 Å². The third-order valence-electron chi connectivity index (χ3n) is 3.92. The van der Waals surface area contributed by atoms with E-state index in [-0.39, 0.29) is 5.41 Å². The third kappa shape index (κ3) is 1.12. The van der Waals surface area contributed by atoms with Crippen molar-refractivity contribution in [3.8, 4) is 0 Å². The molecule has 1 aromatic rings. The molecule has 3 atom stereocenters. The van der Waals surface area contributed by atoms with E-state index in [1.165, 1.54) is 5.56 Å². The molecule has 0 spiro atoms. The zero-order chi connectivity index (χ0) is 10.5. The maximum absolute atomic E-state index is 7.46. The molecule has 1 heterocycles. The molecule has 0 radical (unpaired) electrons. The monoisotopic (exact) mass is 220 g/mol. The average molecular weight is 221 g/mol. The Bertz CT molecular complexity index is 401. The van der Waals surface area contributed by atoms with Gasteiger partial charge in [-0.1, -0.05) is 23.7 Å². The number of hydrogen-bond donors (Lipinski definition) is 2. The Morgan fingerprint density at radius 2 is 2.13 bits per heavy atom. The van der Waals surface area contributed by atoms with E-state index in [9.17, 15) is 0 Å². The number of hydrogen-bond acceptors (Lipinski definition) is 2. The summed E-state index contributed by atoms with van der Waals surface area (Å²) in [4.78, 5) is 0. The van der Waals surface area contributed by atoms with Crippen LogP contribution in [0.3, 0.4) is 0 Å². The molecule has 1 aromatic carbocycles. The average Bonchev–Trinajstić information content (AvgIpc) is 2.66. The SMILES string of the molecule is N=CC1C2CNCC12c1ccc(Cl)cc1. The van der Waals surface area contributed by atoms with Crippen LogP contribution in [0.1, 0.15) is 5.56 Å². The highest BCUT2D eigenvalue weighted by molar-refractivity contribution is 6.30. The van der Waals surface area contributed by atoms with Gasteiger partial charge in [0.15, 0.2) is 0 Å². The second-order valence-electron chi connectivity index (χ2n) is 4.48. The van der Waals surface area contributed by atoms with E-state index in [1.54, 1.807) is 6.21 Å². The summed E-state index contributed by atoms with van der Waals surface area (Å²) in [6.07, 6.45) is 1.61. The van der Waals surface area contributed by atoms with Crippen LogP contribution in [0.5, 0.6) is 0 Å². The van der Waals surface area contributed by atoms with Crippen LogP contribution in [0, 0.1) is 17.2 Å². The molecule has 2 aliphatic rings. The lowest BCUT2D eigenvalue weighted by molar-refractivity contribution is 0.640. The van der Waals surface area contributed by atoms with Crippen molar-refractivity contribution < 1.29 is 0 Å². The van der Waals surface area contributed by atoms with Crippen LogP contribution in [-0.2, 0) is 5.41 Å². The molecule has 2 nitrogen and oxygen atoms in total. The summed E-state index contributed by atoms with van der Waals surface area (Å²) in [6.45, 7) is 2.04. The van der Waals surface area contributed by atoms with E-state index < -0.39 is 0 Å². The Hall–Kier alpha value is -0.860. The summed E-state index contributed by atoms with van der Waals surface area (Å²) < 4.78 is 0. The molecule has 78 valence electrons. The van der Waals surface area contributed by atoms with Crippen molar-refractivity contribution in [1.29, 1.82) is 5.41 Å². The van der Waals surface area contributed by atoms with Crippen LogP contribution >= 0.6 is 11.6 Å². The fourth-order valence-electron chi connectivity index (χ4n) is 3.08. The maximum Gasteiger partial charge on any atom is 0.0406 e. The molecular formula is C12H13ClN2. The Morgan fingerprint density at radius 1 is 1.40 bits per heavy atom. The summed E-state index contributed by atoms with van der Waals surface area (Å²) in [6, 6.07) is 8.10. The summed E-state index contributed by atoms with van der Waals surface area (Å²) in [7, 11) is 0. The first kappa shape index (κ1) is 9.37. The van der Waals surface area contributed by atoms with Gasteiger partial charge in [0.1, 0.15) is 0 Å². The van der Waals surface area contributed by atoms with Gasteiger partial charge in [-0.05, 0) is 36.4 Å². The lowest BCUT2D eigenvalue weighted by Gasteiger charge is -2.14. The first-order valence-corrected chi connectivity index (χ1v) is 5.64.